The molecule has 4 nitrogen and oxygen atoms in total. The zero-order valence-electron chi connectivity index (χ0n) is 10.3. The van der Waals surface area contributed by atoms with Gasteiger partial charge in [-0.3, -0.25) is 4.79 Å². The van der Waals surface area contributed by atoms with Gasteiger partial charge in [-0.1, -0.05) is 13.8 Å². The molecule has 3 N–H and O–H groups in total. The zero-order valence-corrected chi connectivity index (χ0v) is 10.3. The van der Waals surface area contributed by atoms with Gasteiger partial charge in [0.2, 0.25) is 5.91 Å². The molecule has 0 aromatic heterocycles. The van der Waals surface area contributed by atoms with Crippen molar-refractivity contribution >= 4 is 5.91 Å². The van der Waals surface area contributed by atoms with Crippen LogP contribution in [0.4, 0.5) is 0 Å². The number of amides is 1. The maximum absolute atomic E-state index is 11.3. The summed E-state index contributed by atoms with van der Waals surface area (Å²) in [5.41, 5.74) is 4.80. The smallest absolute Gasteiger partial charge is 0.239 e. The SMILES string of the molecule is CC(C)CCOCCNC(=O)C(C)(C)N. The number of ether oxygens (including phenoxy) is 1. The molecule has 0 fully saturated rings. The summed E-state index contributed by atoms with van der Waals surface area (Å²) in [5, 5.41) is 2.72. The Labute approximate surface area is 92.6 Å². The highest BCUT2D eigenvalue weighted by Crippen LogP contribution is 1.98. The number of hydrogen-bond donors (Lipinski definition) is 2. The van der Waals surface area contributed by atoms with Gasteiger partial charge in [0.15, 0.2) is 0 Å². The van der Waals surface area contributed by atoms with Crippen molar-refractivity contribution in [3.63, 3.8) is 0 Å². The Balaban J connectivity index is 3.36. The van der Waals surface area contributed by atoms with Crippen LogP contribution in [0.1, 0.15) is 34.1 Å². The highest BCUT2D eigenvalue weighted by atomic mass is 16.5. The minimum absolute atomic E-state index is 0.144. The first-order valence-corrected chi connectivity index (χ1v) is 5.49. The van der Waals surface area contributed by atoms with Crippen LogP contribution in [0.5, 0.6) is 0 Å². The number of hydrogen-bond acceptors (Lipinski definition) is 3. The lowest BCUT2D eigenvalue weighted by molar-refractivity contribution is -0.125. The van der Waals surface area contributed by atoms with Gasteiger partial charge in [-0.05, 0) is 26.2 Å². The lowest BCUT2D eigenvalue weighted by Crippen LogP contribution is -2.49. The number of nitrogens with two attached hydrogens (primary N) is 1. The van der Waals surface area contributed by atoms with Gasteiger partial charge in [-0.25, -0.2) is 0 Å². The van der Waals surface area contributed by atoms with Crippen LogP contribution in [-0.4, -0.2) is 31.2 Å². The van der Waals surface area contributed by atoms with E-state index in [9.17, 15) is 4.79 Å². The Hall–Kier alpha value is -0.610. The largest absolute Gasteiger partial charge is 0.380 e. The van der Waals surface area contributed by atoms with Crippen molar-refractivity contribution < 1.29 is 9.53 Å². The molecule has 0 aromatic rings. The predicted octanol–water partition coefficient (Wildman–Crippen LogP) is 0.903. The first-order chi connectivity index (χ1) is 6.84. The van der Waals surface area contributed by atoms with Crippen LogP contribution in [0.15, 0.2) is 0 Å². The van der Waals surface area contributed by atoms with Crippen LogP contribution in [0.2, 0.25) is 0 Å². The van der Waals surface area contributed by atoms with Gasteiger partial charge in [0.1, 0.15) is 0 Å². The van der Waals surface area contributed by atoms with Gasteiger partial charge < -0.3 is 15.8 Å². The first kappa shape index (κ1) is 14.4. The van der Waals surface area contributed by atoms with Crippen molar-refractivity contribution in [3.8, 4) is 0 Å². The molecular weight excluding hydrogens is 192 g/mol. The molecular formula is C11H24N2O2. The highest BCUT2D eigenvalue weighted by Gasteiger charge is 2.20. The Morgan fingerprint density at radius 3 is 2.47 bits per heavy atom. The van der Waals surface area contributed by atoms with E-state index in [0.717, 1.165) is 13.0 Å². The van der Waals surface area contributed by atoms with Crippen LogP contribution < -0.4 is 11.1 Å². The predicted molar refractivity (Wildman–Crippen MR) is 61.6 cm³/mol. The monoisotopic (exact) mass is 216 g/mol. The third kappa shape index (κ3) is 8.39. The fourth-order valence-electron chi connectivity index (χ4n) is 0.886. The summed E-state index contributed by atoms with van der Waals surface area (Å²) in [7, 11) is 0. The maximum Gasteiger partial charge on any atom is 0.239 e. The van der Waals surface area contributed by atoms with Crippen molar-refractivity contribution in [2.24, 2.45) is 11.7 Å². The van der Waals surface area contributed by atoms with E-state index >= 15 is 0 Å². The summed E-state index contributed by atoms with van der Waals surface area (Å²) in [5.74, 6) is 0.512. The van der Waals surface area contributed by atoms with E-state index in [2.05, 4.69) is 19.2 Å². The van der Waals surface area contributed by atoms with Gasteiger partial charge >= 0.3 is 0 Å². The second-order valence-electron chi connectivity index (χ2n) is 4.77. The van der Waals surface area contributed by atoms with Gasteiger partial charge in [-0.15, -0.1) is 0 Å². The van der Waals surface area contributed by atoms with E-state index in [1.54, 1.807) is 13.8 Å². The van der Waals surface area contributed by atoms with E-state index in [0.29, 0.717) is 19.1 Å². The van der Waals surface area contributed by atoms with Gasteiger partial charge in [0.05, 0.1) is 12.1 Å². The molecule has 0 bridgehead atoms. The Morgan fingerprint density at radius 1 is 1.40 bits per heavy atom. The van der Waals surface area contributed by atoms with Crippen LogP contribution in [0.3, 0.4) is 0 Å². The maximum atomic E-state index is 11.3. The number of carbonyl (C=O) groups is 1. The average Bonchev–Trinajstić information content (AvgIpc) is 2.08. The third-order valence-electron chi connectivity index (χ3n) is 1.96. The fraction of sp³-hybridized carbons (Fsp3) is 0.909. The Bertz CT molecular complexity index is 186. The number of carbonyl (C=O) groups excluding carboxylic acids is 1. The van der Waals surface area contributed by atoms with Crippen LogP contribution in [-0.2, 0) is 9.53 Å². The molecule has 0 aliphatic carbocycles. The van der Waals surface area contributed by atoms with Crippen molar-refractivity contribution in [3.05, 3.63) is 0 Å². The van der Waals surface area contributed by atoms with Gasteiger partial charge in [0.25, 0.3) is 0 Å². The van der Waals surface area contributed by atoms with Crippen molar-refractivity contribution in [2.45, 2.75) is 39.7 Å². The van der Waals surface area contributed by atoms with E-state index in [4.69, 9.17) is 10.5 Å². The molecule has 0 spiro atoms. The van der Waals surface area contributed by atoms with Crippen molar-refractivity contribution in [2.75, 3.05) is 19.8 Å². The van der Waals surface area contributed by atoms with Gasteiger partial charge in [0, 0.05) is 13.2 Å². The Morgan fingerprint density at radius 2 is 2.00 bits per heavy atom. The molecule has 4 heteroatoms. The van der Waals surface area contributed by atoms with Crippen molar-refractivity contribution in [1.29, 1.82) is 0 Å². The normalized spacial score (nSPS) is 11.9. The molecule has 0 saturated carbocycles. The average molecular weight is 216 g/mol. The molecule has 15 heavy (non-hydrogen) atoms. The second kappa shape index (κ2) is 6.80. The summed E-state index contributed by atoms with van der Waals surface area (Å²) in [6.07, 6.45) is 1.05. The number of nitrogens with one attached hydrogen (secondary N) is 1. The molecule has 0 rings (SSSR count). The summed E-state index contributed by atoms with van der Waals surface area (Å²) in [6.45, 7) is 9.50. The van der Waals surface area contributed by atoms with Crippen molar-refractivity contribution in [1.82, 2.24) is 5.32 Å². The standard InChI is InChI=1S/C11H24N2O2/c1-9(2)5-7-15-8-6-13-10(14)11(3,4)12/h9H,5-8,12H2,1-4H3,(H,13,14). The molecule has 90 valence electrons. The lowest BCUT2D eigenvalue weighted by atomic mass is 10.1. The summed E-state index contributed by atoms with van der Waals surface area (Å²) in [4.78, 5) is 11.3. The molecule has 0 heterocycles. The summed E-state index contributed by atoms with van der Waals surface area (Å²) >= 11 is 0. The fourth-order valence-corrected chi connectivity index (χ4v) is 0.886. The molecule has 0 saturated heterocycles. The molecule has 0 radical (unpaired) electrons. The molecule has 1 amide bonds. The molecule has 0 aliphatic rings. The zero-order chi connectivity index (χ0) is 11.9. The van der Waals surface area contributed by atoms with E-state index in [1.807, 2.05) is 0 Å². The summed E-state index contributed by atoms with van der Waals surface area (Å²) in [6, 6.07) is 0. The Kier molecular flexibility index (Phi) is 6.52. The molecule has 0 atom stereocenters. The van der Waals surface area contributed by atoms with E-state index in [-0.39, 0.29) is 5.91 Å². The number of rotatable bonds is 7. The highest BCUT2D eigenvalue weighted by molar-refractivity contribution is 5.84. The topological polar surface area (TPSA) is 64.3 Å². The molecule has 0 aliphatic heterocycles. The van der Waals surface area contributed by atoms with E-state index < -0.39 is 5.54 Å². The minimum atomic E-state index is -0.808. The molecule has 0 aromatic carbocycles. The van der Waals surface area contributed by atoms with Crippen LogP contribution >= 0.6 is 0 Å². The lowest BCUT2D eigenvalue weighted by Gasteiger charge is -2.17. The van der Waals surface area contributed by atoms with Crippen LogP contribution in [0, 0.1) is 5.92 Å². The first-order valence-electron chi connectivity index (χ1n) is 5.49. The minimum Gasteiger partial charge on any atom is -0.380 e. The van der Waals surface area contributed by atoms with Crippen LogP contribution in [0.25, 0.3) is 0 Å². The third-order valence-corrected chi connectivity index (χ3v) is 1.96. The van der Waals surface area contributed by atoms with Gasteiger partial charge in [-0.2, -0.15) is 0 Å². The van der Waals surface area contributed by atoms with E-state index in [1.165, 1.54) is 0 Å². The second-order valence-corrected chi connectivity index (χ2v) is 4.77. The molecule has 0 unspecified atom stereocenters. The summed E-state index contributed by atoms with van der Waals surface area (Å²) < 4.78 is 5.35. The quantitative estimate of drug-likeness (QED) is 0.622.